The summed E-state index contributed by atoms with van der Waals surface area (Å²) in [6.45, 7) is 0.127. The molecule has 2 aromatic rings. The lowest BCUT2D eigenvalue weighted by Crippen LogP contribution is -2.30. The first-order valence-electron chi connectivity index (χ1n) is 6.99. The molecule has 120 valence electrons. The maximum Gasteiger partial charge on any atom is 0.407 e. The molecule has 2 rings (SSSR count). The van der Waals surface area contributed by atoms with E-state index in [0.29, 0.717) is 5.56 Å². The summed E-state index contributed by atoms with van der Waals surface area (Å²) in [6, 6.07) is 15.7. The monoisotopic (exact) mass is 377 g/mol. The molecule has 0 aliphatic heterocycles. The van der Waals surface area contributed by atoms with E-state index < -0.39 is 18.1 Å². The van der Waals surface area contributed by atoms with E-state index in [2.05, 4.69) is 21.2 Å². The molecular formula is C17H16BrNO4. The van der Waals surface area contributed by atoms with Crippen LogP contribution in [-0.2, 0) is 16.1 Å². The van der Waals surface area contributed by atoms with Crippen molar-refractivity contribution >= 4 is 28.0 Å². The third-order valence-corrected chi connectivity index (χ3v) is 3.89. The van der Waals surface area contributed by atoms with Crippen LogP contribution in [0.25, 0.3) is 0 Å². The molecule has 0 aliphatic carbocycles. The van der Waals surface area contributed by atoms with E-state index in [9.17, 15) is 9.59 Å². The van der Waals surface area contributed by atoms with Crippen LogP contribution in [-0.4, -0.2) is 17.2 Å². The van der Waals surface area contributed by atoms with Gasteiger partial charge in [0.2, 0.25) is 0 Å². The van der Waals surface area contributed by atoms with Gasteiger partial charge in [-0.05, 0) is 17.2 Å². The second-order valence-electron chi connectivity index (χ2n) is 4.88. The predicted octanol–water partition coefficient (Wildman–Crippen LogP) is 3.89. The molecule has 6 heteroatoms. The highest BCUT2D eigenvalue weighted by molar-refractivity contribution is 9.10. The summed E-state index contributed by atoms with van der Waals surface area (Å²) in [5.74, 6) is -1.01. The lowest BCUT2D eigenvalue weighted by Gasteiger charge is -2.18. The van der Waals surface area contributed by atoms with Gasteiger partial charge in [-0.2, -0.15) is 0 Å². The first-order valence-corrected chi connectivity index (χ1v) is 7.79. The molecule has 5 nitrogen and oxygen atoms in total. The second kappa shape index (κ2) is 8.33. The SMILES string of the molecule is O=C(O)C[C@@H](NC(=O)OCc1ccccc1)c1ccccc1Br. The van der Waals surface area contributed by atoms with E-state index in [-0.39, 0.29) is 13.0 Å². The van der Waals surface area contributed by atoms with Crippen molar-refractivity contribution < 1.29 is 19.4 Å². The van der Waals surface area contributed by atoms with E-state index in [1.807, 2.05) is 36.4 Å². The number of amides is 1. The highest BCUT2D eigenvalue weighted by atomic mass is 79.9. The van der Waals surface area contributed by atoms with Gasteiger partial charge in [0.1, 0.15) is 6.61 Å². The number of carboxylic acid groups (broad SMARTS) is 1. The summed E-state index contributed by atoms with van der Waals surface area (Å²) in [4.78, 5) is 23.0. The molecule has 0 aromatic heterocycles. The Morgan fingerprint density at radius 2 is 1.74 bits per heavy atom. The molecule has 0 fully saturated rings. The van der Waals surface area contributed by atoms with Crippen LogP contribution < -0.4 is 5.32 Å². The third-order valence-electron chi connectivity index (χ3n) is 3.16. The fraction of sp³-hybridized carbons (Fsp3) is 0.176. The number of carboxylic acids is 1. The summed E-state index contributed by atoms with van der Waals surface area (Å²) in [7, 11) is 0. The number of ether oxygens (including phenoxy) is 1. The second-order valence-corrected chi connectivity index (χ2v) is 5.73. The fourth-order valence-electron chi connectivity index (χ4n) is 2.08. The molecule has 0 heterocycles. The Morgan fingerprint density at radius 1 is 1.09 bits per heavy atom. The fourth-order valence-corrected chi connectivity index (χ4v) is 2.64. The molecule has 0 bridgehead atoms. The lowest BCUT2D eigenvalue weighted by molar-refractivity contribution is -0.137. The smallest absolute Gasteiger partial charge is 0.407 e. The van der Waals surface area contributed by atoms with E-state index >= 15 is 0 Å². The van der Waals surface area contributed by atoms with Crippen LogP contribution in [0.4, 0.5) is 4.79 Å². The van der Waals surface area contributed by atoms with Crippen molar-refractivity contribution in [2.45, 2.75) is 19.1 Å². The predicted molar refractivity (Wildman–Crippen MR) is 88.9 cm³/mol. The van der Waals surface area contributed by atoms with Gasteiger partial charge in [0, 0.05) is 4.47 Å². The van der Waals surface area contributed by atoms with Crippen LogP contribution in [0.1, 0.15) is 23.6 Å². The van der Waals surface area contributed by atoms with Crippen LogP contribution >= 0.6 is 15.9 Å². The van der Waals surface area contributed by atoms with Gasteiger partial charge >= 0.3 is 12.1 Å². The van der Waals surface area contributed by atoms with Gasteiger partial charge in [-0.15, -0.1) is 0 Å². The number of nitrogens with one attached hydrogen (secondary N) is 1. The Kier molecular flexibility index (Phi) is 6.17. The van der Waals surface area contributed by atoms with Crippen molar-refractivity contribution in [3.8, 4) is 0 Å². The van der Waals surface area contributed by atoms with Gasteiger partial charge in [0.15, 0.2) is 0 Å². The van der Waals surface area contributed by atoms with E-state index in [1.165, 1.54) is 0 Å². The molecule has 23 heavy (non-hydrogen) atoms. The Hall–Kier alpha value is -2.34. The number of alkyl carbamates (subject to hydrolysis) is 1. The highest BCUT2D eigenvalue weighted by Crippen LogP contribution is 2.25. The number of aliphatic carboxylic acids is 1. The van der Waals surface area contributed by atoms with Gasteiger partial charge in [-0.1, -0.05) is 64.5 Å². The van der Waals surface area contributed by atoms with Crippen LogP contribution in [0.5, 0.6) is 0 Å². The summed E-state index contributed by atoms with van der Waals surface area (Å²) >= 11 is 3.37. The summed E-state index contributed by atoms with van der Waals surface area (Å²) in [6.07, 6.45) is -0.890. The van der Waals surface area contributed by atoms with Crippen LogP contribution in [0, 0.1) is 0 Å². The zero-order valence-electron chi connectivity index (χ0n) is 12.2. The first-order chi connectivity index (χ1) is 11.1. The molecule has 1 atom stereocenters. The zero-order chi connectivity index (χ0) is 16.7. The average Bonchev–Trinajstić information content (AvgIpc) is 2.53. The van der Waals surface area contributed by atoms with Gasteiger partial charge in [0.25, 0.3) is 0 Å². The zero-order valence-corrected chi connectivity index (χ0v) is 13.8. The van der Waals surface area contributed by atoms with Crippen molar-refractivity contribution in [3.63, 3.8) is 0 Å². The topological polar surface area (TPSA) is 75.6 Å². The molecular weight excluding hydrogens is 362 g/mol. The number of hydrogen-bond acceptors (Lipinski definition) is 3. The lowest BCUT2D eigenvalue weighted by atomic mass is 10.0. The molecule has 2 N–H and O–H groups in total. The Labute approximate surface area is 142 Å². The van der Waals surface area contributed by atoms with E-state index in [1.54, 1.807) is 18.2 Å². The highest BCUT2D eigenvalue weighted by Gasteiger charge is 2.20. The van der Waals surface area contributed by atoms with Crippen LogP contribution in [0.2, 0.25) is 0 Å². The Bertz CT molecular complexity index is 675. The molecule has 1 amide bonds. The van der Waals surface area contributed by atoms with Crippen molar-refractivity contribution in [1.29, 1.82) is 0 Å². The Morgan fingerprint density at radius 3 is 2.39 bits per heavy atom. The summed E-state index contributed by atoms with van der Waals surface area (Å²) in [5.41, 5.74) is 1.55. The molecule has 0 saturated carbocycles. The third kappa shape index (κ3) is 5.41. The van der Waals surface area contributed by atoms with Crippen molar-refractivity contribution in [2.24, 2.45) is 0 Å². The summed E-state index contributed by atoms with van der Waals surface area (Å²) < 4.78 is 5.87. The van der Waals surface area contributed by atoms with Crippen molar-refractivity contribution in [2.75, 3.05) is 0 Å². The maximum absolute atomic E-state index is 12.0. The molecule has 2 aromatic carbocycles. The number of rotatable bonds is 6. The number of carbonyl (C=O) groups is 2. The van der Waals surface area contributed by atoms with Crippen LogP contribution in [0.3, 0.4) is 0 Å². The molecule has 0 unspecified atom stereocenters. The number of hydrogen-bond donors (Lipinski definition) is 2. The summed E-state index contributed by atoms with van der Waals surface area (Å²) in [5, 5.41) is 11.7. The number of halogens is 1. The normalized spacial score (nSPS) is 11.5. The first kappa shape index (κ1) is 17.0. The largest absolute Gasteiger partial charge is 0.481 e. The Balaban J connectivity index is 2.01. The number of benzene rings is 2. The quantitative estimate of drug-likeness (QED) is 0.800. The minimum Gasteiger partial charge on any atom is -0.481 e. The minimum absolute atomic E-state index is 0.127. The van der Waals surface area contributed by atoms with E-state index in [0.717, 1.165) is 10.0 Å². The molecule has 0 spiro atoms. The van der Waals surface area contributed by atoms with E-state index in [4.69, 9.17) is 9.84 Å². The average molecular weight is 378 g/mol. The number of carbonyl (C=O) groups excluding carboxylic acids is 1. The van der Waals surface area contributed by atoms with Gasteiger partial charge in [0.05, 0.1) is 12.5 Å². The van der Waals surface area contributed by atoms with Gasteiger partial charge in [-0.25, -0.2) is 4.79 Å². The minimum atomic E-state index is -1.01. The molecule has 0 aliphatic rings. The van der Waals surface area contributed by atoms with Crippen molar-refractivity contribution in [1.82, 2.24) is 5.32 Å². The standard InChI is InChI=1S/C17H16BrNO4/c18-14-9-5-4-8-13(14)15(10-16(20)21)19-17(22)23-11-12-6-2-1-3-7-12/h1-9,15H,10-11H2,(H,19,22)(H,20,21)/t15-/m1/s1. The van der Waals surface area contributed by atoms with Gasteiger partial charge < -0.3 is 15.2 Å². The molecule has 0 radical (unpaired) electrons. The maximum atomic E-state index is 12.0. The van der Waals surface area contributed by atoms with Gasteiger partial charge in [-0.3, -0.25) is 4.79 Å². The van der Waals surface area contributed by atoms with Crippen LogP contribution in [0.15, 0.2) is 59.1 Å². The molecule has 0 saturated heterocycles. The van der Waals surface area contributed by atoms with Crippen molar-refractivity contribution in [3.05, 3.63) is 70.2 Å².